The maximum absolute atomic E-state index is 4.47. The molecule has 1 N–H and O–H groups in total. The molecule has 0 saturated carbocycles. The molecule has 2 nitrogen and oxygen atoms in total. The molecule has 0 aromatic carbocycles. The van der Waals surface area contributed by atoms with Gasteiger partial charge in [-0.3, -0.25) is 4.98 Å². The summed E-state index contributed by atoms with van der Waals surface area (Å²) in [5.74, 6) is 0. The van der Waals surface area contributed by atoms with Gasteiger partial charge in [-0.1, -0.05) is 32.6 Å². The first-order valence-electron chi connectivity index (χ1n) is 6.84. The Labute approximate surface area is 106 Å². The van der Waals surface area contributed by atoms with E-state index in [-0.39, 0.29) is 0 Å². The van der Waals surface area contributed by atoms with Gasteiger partial charge in [0.2, 0.25) is 0 Å². The van der Waals surface area contributed by atoms with E-state index in [9.17, 15) is 0 Å². The van der Waals surface area contributed by atoms with Gasteiger partial charge in [-0.25, -0.2) is 0 Å². The molecule has 17 heavy (non-hydrogen) atoms. The first-order chi connectivity index (χ1) is 8.13. The fourth-order valence-corrected chi connectivity index (χ4v) is 2.05. The number of nitrogens with one attached hydrogen (secondary N) is 1. The van der Waals surface area contributed by atoms with Crippen LogP contribution in [0.5, 0.6) is 0 Å². The molecule has 0 radical (unpaired) electrons. The SMILES string of the molecule is CCCCCCC(C)Nc1ccc(C)nc1C. The number of pyridine rings is 1. The molecule has 1 rings (SSSR count). The number of rotatable bonds is 7. The molecule has 0 saturated heterocycles. The van der Waals surface area contributed by atoms with Crippen molar-refractivity contribution in [2.45, 2.75) is 65.8 Å². The second-order valence-electron chi connectivity index (χ2n) is 4.98. The van der Waals surface area contributed by atoms with Gasteiger partial charge in [0.1, 0.15) is 0 Å². The third kappa shape index (κ3) is 5.20. The molecule has 0 spiro atoms. The van der Waals surface area contributed by atoms with Gasteiger partial charge in [-0.15, -0.1) is 0 Å². The van der Waals surface area contributed by atoms with Crippen molar-refractivity contribution in [1.82, 2.24) is 4.98 Å². The van der Waals surface area contributed by atoms with E-state index in [4.69, 9.17) is 0 Å². The fraction of sp³-hybridized carbons (Fsp3) is 0.667. The van der Waals surface area contributed by atoms with Gasteiger partial charge in [0.25, 0.3) is 0 Å². The molecule has 1 aromatic rings. The Bertz CT molecular complexity index is 334. The van der Waals surface area contributed by atoms with E-state index >= 15 is 0 Å². The van der Waals surface area contributed by atoms with Gasteiger partial charge in [-0.05, 0) is 39.3 Å². The van der Waals surface area contributed by atoms with Gasteiger partial charge < -0.3 is 5.32 Å². The minimum absolute atomic E-state index is 0.537. The lowest BCUT2D eigenvalue weighted by molar-refractivity contribution is 0.593. The lowest BCUT2D eigenvalue weighted by Gasteiger charge is -2.16. The van der Waals surface area contributed by atoms with Crippen LogP contribution in [-0.2, 0) is 0 Å². The lowest BCUT2D eigenvalue weighted by Crippen LogP contribution is -2.16. The number of hydrogen-bond donors (Lipinski definition) is 1. The molecule has 96 valence electrons. The fourth-order valence-electron chi connectivity index (χ4n) is 2.05. The lowest BCUT2D eigenvalue weighted by atomic mass is 10.1. The number of anilines is 1. The van der Waals surface area contributed by atoms with E-state index in [0.717, 1.165) is 11.4 Å². The summed E-state index contributed by atoms with van der Waals surface area (Å²) in [6.45, 7) is 8.61. The highest BCUT2D eigenvalue weighted by atomic mass is 14.9. The van der Waals surface area contributed by atoms with E-state index in [0.29, 0.717) is 6.04 Å². The maximum atomic E-state index is 4.47. The van der Waals surface area contributed by atoms with Crippen molar-refractivity contribution in [3.63, 3.8) is 0 Å². The Hall–Kier alpha value is -1.05. The summed E-state index contributed by atoms with van der Waals surface area (Å²) in [5, 5.41) is 3.55. The van der Waals surface area contributed by atoms with Crippen molar-refractivity contribution >= 4 is 5.69 Å². The van der Waals surface area contributed by atoms with Gasteiger partial charge in [0.05, 0.1) is 11.4 Å². The first-order valence-corrected chi connectivity index (χ1v) is 6.84. The minimum atomic E-state index is 0.537. The topological polar surface area (TPSA) is 24.9 Å². The number of nitrogens with zero attached hydrogens (tertiary/aromatic N) is 1. The highest BCUT2D eigenvalue weighted by Gasteiger charge is 2.04. The summed E-state index contributed by atoms with van der Waals surface area (Å²) in [5.41, 5.74) is 3.37. The predicted molar refractivity (Wildman–Crippen MR) is 75.6 cm³/mol. The molecule has 1 aromatic heterocycles. The Morgan fingerprint density at radius 1 is 1.18 bits per heavy atom. The van der Waals surface area contributed by atoms with Crippen molar-refractivity contribution in [1.29, 1.82) is 0 Å². The van der Waals surface area contributed by atoms with Crippen molar-refractivity contribution in [2.75, 3.05) is 5.32 Å². The summed E-state index contributed by atoms with van der Waals surface area (Å²) in [4.78, 5) is 4.47. The largest absolute Gasteiger partial charge is 0.381 e. The Morgan fingerprint density at radius 3 is 2.59 bits per heavy atom. The molecule has 0 aliphatic rings. The monoisotopic (exact) mass is 234 g/mol. The summed E-state index contributed by atoms with van der Waals surface area (Å²) in [6.07, 6.45) is 6.59. The Morgan fingerprint density at radius 2 is 1.94 bits per heavy atom. The zero-order valence-corrected chi connectivity index (χ0v) is 11.7. The van der Waals surface area contributed by atoms with E-state index in [2.05, 4.69) is 43.2 Å². The molecule has 1 unspecified atom stereocenters. The van der Waals surface area contributed by atoms with Crippen LogP contribution in [-0.4, -0.2) is 11.0 Å². The zero-order valence-electron chi connectivity index (χ0n) is 11.7. The van der Waals surface area contributed by atoms with E-state index in [1.165, 1.54) is 37.8 Å². The van der Waals surface area contributed by atoms with E-state index < -0.39 is 0 Å². The number of hydrogen-bond acceptors (Lipinski definition) is 2. The normalized spacial score (nSPS) is 12.5. The quantitative estimate of drug-likeness (QED) is 0.704. The molecule has 0 aliphatic heterocycles. The maximum Gasteiger partial charge on any atom is 0.0606 e. The molecule has 1 heterocycles. The molecular weight excluding hydrogens is 208 g/mol. The number of unbranched alkanes of at least 4 members (excludes halogenated alkanes) is 3. The minimum Gasteiger partial charge on any atom is -0.381 e. The van der Waals surface area contributed by atoms with Crippen LogP contribution in [0.2, 0.25) is 0 Å². The molecule has 1 atom stereocenters. The van der Waals surface area contributed by atoms with Crippen LogP contribution in [0.4, 0.5) is 5.69 Å². The van der Waals surface area contributed by atoms with E-state index in [1.807, 2.05) is 6.92 Å². The zero-order chi connectivity index (χ0) is 12.7. The second-order valence-corrected chi connectivity index (χ2v) is 4.98. The standard InChI is InChI=1S/C15H26N2/c1-5-6-7-8-9-12(2)17-15-11-10-13(3)16-14(15)4/h10-12,17H,5-9H2,1-4H3. The predicted octanol–water partition coefficient (Wildman–Crippen LogP) is 4.47. The second kappa shape index (κ2) is 7.31. The average Bonchev–Trinajstić information content (AvgIpc) is 2.28. The van der Waals surface area contributed by atoms with Crippen LogP contribution in [0.25, 0.3) is 0 Å². The van der Waals surface area contributed by atoms with Crippen molar-refractivity contribution in [3.05, 3.63) is 23.5 Å². The van der Waals surface area contributed by atoms with Crippen molar-refractivity contribution in [3.8, 4) is 0 Å². The van der Waals surface area contributed by atoms with Crippen LogP contribution < -0.4 is 5.32 Å². The number of aryl methyl sites for hydroxylation is 2. The van der Waals surface area contributed by atoms with Gasteiger partial charge in [0, 0.05) is 11.7 Å². The van der Waals surface area contributed by atoms with Crippen LogP contribution in [0.3, 0.4) is 0 Å². The molecule has 0 bridgehead atoms. The van der Waals surface area contributed by atoms with Gasteiger partial charge in [0.15, 0.2) is 0 Å². The van der Waals surface area contributed by atoms with E-state index in [1.54, 1.807) is 0 Å². The Kier molecular flexibility index (Phi) is 6.03. The molecule has 2 heteroatoms. The molecule has 0 amide bonds. The molecule has 0 aliphatic carbocycles. The molecular formula is C15H26N2. The summed E-state index contributed by atoms with van der Waals surface area (Å²) in [6, 6.07) is 4.74. The van der Waals surface area contributed by atoms with Crippen LogP contribution in [0, 0.1) is 13.8 Å². The van der Waals surface area contributed by atoms with Crippen LogP contribution in [0.1, 0.15) is 57.3 Å². The molecule has 0 fully saturated rings. The van der Waals surface area contributed by atoms with Gasteiger partial charge >= 0.3 is 0 Å². The third-order valence-corrected chi connectivity index (χ3v) is 3.12. The Balaban J connectivity index is 2.37. The van der Waals surface area contributed by atoms with Gasteiger partial charge in [-0.2, -0.15) is 0 Å². The van der Waals surface area contributed by atoms with Crippen LogP contribution >= 0.6 is 0 Å². The summed E-state index contributed by atoms with van der Waals surface area (Å²) < 4.78 is 0. The highest BCUT2D eigenvalue weighted by molar-refractivity contribution is 5.48. The first kappa shape index (κ1) is 14.0. The summed E-state index contributed by atoms with van der Waals surface area (Å²) in [7, 11) is 0. The van der Waals surface area contributed by atoms with Crippen molar-refractivity contribution in [2.24, 2.45) is 0 Å². The average molecular weight is 234 g/mol. The van der Waals surface area contributed by atoms with Crippen molar-refractivity contribution < 1.29 is 0 Å². The summed E-state index contributed by atoms with van der Waals surface area (Å²) >= 11 is 0. The highest BCUT2D eigenvalue weighted by Crippen LogP contribution is 2.16. The van der Waals surface area contributed by atoms with Crippen LogP contribution in [0.15, 0.2) is 12.1 Å². The third-order valence-electron chi connectivity index (χ3n) is 3.12. The number of aromatic nitrogens is 1. The smallest absolute Gasteiger partial charge is 0.0606 e.